The normalized spacial score (nSPS) is 28.2. The summed E-state index contributed by atoms with van der Waals surface area (Å²) in [5, 5.41) is 11.3. The van der Waals surface area contributed by atoms with Crippen molar-refractivity contribution < 1.29 is 9.84 Å². The highest BCUT2D eigenvalue weighted by Crippen LogP contribution is 2.49. The summed E-state index contributed by atoms with van der Waals surface area (Å²) in [6.45, 7) is 6.70. The predicted octanol–water partition coefficient (Wildman–Crippen LogP) is 4.12. The van der Waals surface area contributed by atoms with Gasteiger partial charge >= 0.3 is 0 Å². The molecule has 2 unspecified atom stereocenters. The minimum Gasteiger partial charge on any atom is -0.497 e. The van der Waals surface area contributed by atoms with Crippen LogP contribution in [0.3, 0.4) is 0 Å². The molecular formula is C17H26O2. The third-order valence-electron chi connectivity index (χ3n) is 4.51. The van der Waals surface area contributed by atoms with Gasteiger partial charge in [0, 0.05) is 0 Å². The van der Waals surface area contributed by atoms with Gasteiger partial charge in [-0.05, 0) is 41.9 Å². The topological polar surface area (TPSA) is 29.5 Å². The highest BCUT2D eigenvalue weighted by atomic mass is 16.5. The minimum atomic E-state index is -0.692. The molecule has 0 bridgehead atoms. The van der Waals surface area contributed by atoms with Crippen LogP contribution in [0.25, 0.3) is 0 Å². The van der Waals surface area contributed by atoms with Crippen LogP contribution in [-0.4, -0.2) is 12.2 Å². The summed E-state index contributed by atoms with van der Waals surface area (Å²) in [7, 11) is 1.67. The molecule has 0 amide bonds. The molecule has 1 saturated carbocycles. The Morgan fingerprint density at radius 3 is 2.32 bits per heavy atom. The molecule has 1 fully saturated rings. The van der Waals surface area contributed by atoms with Crippen LogP contribution >= 0.6 is 0 Å². The van der Waals surface area contributed by atoms with Crippen molar-refractivity contribution in [2.45, 2.75) is 52.1 Å². The Morgan fingerprint density at radius 2 is 1.79 bits per heavy atom. The molecule has 2 heteroatoms. The zero-order valence-electron chi connectivity index (χ0n) is 12.6. The van der Waals surface area contributed by atoms with Gasteiger partial charge in [-0.25, -0.2) is 0 Å². The Kier molecular flexibility index (Phi) is 3.91. The van der Waals surface area contributed by atoms with Gasteiger partial charge in [-0.3, -0.25) is 0 Å². The van der Waals surface area contributed by atoms with E-state index < -0.39 is 5.60 Å². The fraction of sp³-hybridized carbons (Fsp3) is 0.647. The van der Waals surface area contributed by atoms with Crippen molar-refractivity contribution in [1.29, 1.82) is 0 Å². The first-order valence-electron chi connectivity index (χ1n) is 7.25. The average Bonchev–Trinajstić information content (AvgIpc) is 2.38. The maximum atomic E-state index is 11.3. The molecule has 0 radical (unpaired) electrons. The van der Waals surface area contributed by atoms with Gasteiger partial charge in [0.1, 0.15) is 5.75 Å². The van der Waals surface area contributed by atoms with Crippen LogP contribution in [-0.2, 0) is 5.60 Å². The zero-order chi connectivity index (χ0) is 14.1. The van der Waals surface area contributed by atoms with Gasteiger partial charge in [-0.1, -0.05) is 45.7 Å². The second-order valence-electron chi connectivity index (χ2n) is 6.82. The Balaban J connectivity index is 2.36. The van der Waals surface area contributed by atoms with Crippen molar-refractivity contribution >= 4 is 0 Å². The van der Waals surface area contributed by atoms with Crippen LogP contribution in [0.1, 0.15) is 52.0 Å². The molecule has 1 aliphatic carbocycles. The van der Waals surface area contributed by atoms with Crippen LogP contribution in [0.2, 0.25) is 0 Å². The number of benzene rings is 1. The van der Waals surface area contributed by atoms with E-state index in [1.807, 2.05) is 24.3 Å². The van der Waals surface area contributed by atoms with E-state index in [4.69, 9.17) is 4.74 Å². The molecule has 0 aliphatic heterocycles. The third kappa shape index (κ3) is 2.79. The van der Waals surface area contributed by atoms with Crippen molar-refractivity contribution in [2.75, 3.05) is 7.11 Å². The summed E-state index contributed by atoms with van der Waals surface area (Å²) in [6.07, 6.45) is 4.29. The van der Waals surface area contributed by atoms with E-state index >= 15 is 0 Å². The lowest BCUT2D eigenvalue weighted by Crippen LogP contribution is -2.44. The second-order valence-corrected chi connectivity index (χ2v) is 6.82. The molecule has 0 spiro atoms. The predicted molar refractivity (Wildman–Crippen MR) is 78.3 cm³/mol. The molecular weight excluding hydrogens is 236 g/mol. The average molecular weight is 262 g/mol. The van der Waals surface area contributed by atoms with Crippen molar-refractivity contribution in [1.82, 2.24) is 0 Å². The Hall–Kier alpha value is -1.02. The number of hydrogen-bond acceptors (Lipinski definition) is 2. The maximum absolute atomic E-state index is 11.3. The lowest BCUT2D eigenvalue weighted by Gasteiger charge is -2.47. The number of hydrogen-bond donors (Lipinski definition) is 1. The molecule has 1 N–H and O–H groups in total. The molecule has 1 aromatic rings. The number of aliphatic hydroxyl groups is 1. The van der Waals surface area contributed by atoms with Crippen LogP contribution in [0, 0.1) is 11.3 Å². The van der Waals surface area contributed by atoms with Crippen molar-refractivity contribution in [3.63, 3.8) is 0 Å². The molecule has 2 nitrogen and oxygen atoms in total. The van der Waals surface area contributed by atoms with E-state index in [1.165, 1.54) is 6.42 Å². The molecule has 0 aromatic heterocycles. The Bertz CT molecular complexity index is 416. The van der Waals surface area contributed by atoms with E-state index in [-0.39, 0.29) is 5.41 Å². The van der Waals surface area contributed by atoms with Crippen LogP contribution in [0.15, 0.2) is 24.3 Å². The molecule has 1 aliphatic rings. The van der Waals surface area contributed by atoms with Gasteiger partial charge in [0.25, 0.3) is 0 Å². The van der Waals surface area contributed by atoms with Crippen molar-refractivity contribution in [3.05, 3.63) is 29.8 Å². The minimum absolute atomic E-state index is 0.120. The van der Waals surface area contributed by atoms with Gasteiger partial charge < -0.3 is 9.84 Å². The first-order valence-corrected chi connectivity index (χ1v) is 7.25. The first kappa shape index (κ1) is 14.4. The maximum Gasteiger partial charge on any atom is 0.118 e. The summed E-state index contributed by atoms with van der Waals surface area (Å²) in [4.78, 5) is 0. The summed E-state index contributed by atoms with van der Waals surface area (Å²) in [6, 6.07) is 7.93. The third-order valence-corrected chi connectivity index (χ3v) is 4.51. The zero-order valence-corrected chi connectivity index (χ0v) is 12.6. The van der Waals surface area contributed by atoms with Crippen molar-refractivity contribution in [3.8, 4) is 5.75 Å². The SMILES string of the molecule is COc1ccc(C2(O)CCCCC2C(C)(C)C)cc1. The van der Waals surface area contributed by atoms with Crippen LogP contribution < -0.4 is 4.74 Å². The standard InChI is InChI=1S/C17H26O2/c1-16(2,3)15-7-5-6-12-17(15,18)13-8-10-14(19-4)11-9-13/h8-11,15,18H,5-7,12H2,1-4H3. The number of methoxy groups -OCH3 is 1. The molecule has 19 heavy (non-hydrogen) atoms. The van der Waals surface area contributed by atoms with E-state index in [0.29, 0.717) is 5.92 Å². The van der Waals surface area contributed by atoms with Crippen molar-refractivity contribution in [2.24, 2.45) is 11.3 Å². The van der Waals surface area contributed by atoms with Gasteiger partial charge in [0.15, 0.2) is 0 Å². The van der Waals surface area contributed by atoms with E-state index in [9.17, 15) is 5.11 Å². The molecule has 2 rings (SSSR count). The highest BCUT2D eigenvalue weighted by Gasteiger charge is 2.45. The largest absolute Gasteiger partial charge is 0.497 e. The summed E-state index contributed by atoms with van der Waals surface area (Å²) in [5.74, 6) is 1.15. The fourth-order valence-corrected chi connectivity index (χ4v) is 3.53. The van der Waals surface area contributed by atoms with Crippen LogP contribution in [0.5, 0.6) is 5.75 Å². The number of rotatable bonds is 2. The molecule has 0 heterocycles. The molecule has 2 atom stereocenters. The summed E-state index contributed by atoms with van der Waals surface area (Å²) >= 11 is 0. The second kappa shape index (κ2) is 5.16. The van der Waals surface area contributed by atoms with E-state index in [1.54, 1.807) is 7.11 Å². The Labute approximate surface area is 116 Å². The highest BCUT2D eigenvalue weighted by molar-refractivity contribution is 5.32. The van der Waals surface area contributed by atoms with Crippen LogP contribution in [0.4, 0.5) is 0 Å². The van der Waals surface area contributed by atoms with E-state index in [0.717, 1.165) is 30.6 Å². The fourth-order valence-electron chi connectivity index (χ4n) is 3.53. The summed E-state index contributed by atoms with van der Waals surface area (Å²) < 4.78 is 5.20. The summed E-state index contributed by atoms with van der Waals surface area (Å²) in [5.41, 5.74) is 0.464. The lowest BCUT2D eigenvalue weighted by molar-refractivity contribution is -0.0959. The Morgan fingerprint density at radius 1 is 1.16 bits per heavy atom. The van der Waals surface area contributed by atoms with Gasteiger partial charge in [-0.15, -0.1) is 0 Å². The van der Waals surface area contributed by atoms with Gasteiger partial charge in [0.05, 0.1) is 12.7 Å². The van der Waals surface area contributed by atoms with Gasteiger partial charge in [0.2, 0.25) is 0 Å². The number of ether oxygens (including phenoxy) is 1. The quantitative estimate of drug-likeness (QED) is 0.868. The lowest BCUT2D eigenvalue weighted by atomic mass is 9.61. The first-order chi connectivity index (χ1) is 8.88. The van der Waals surface area contributed by atoms with E-state index in [2.05, 4.69) is 20.8 Å². The molecule has 1 aromatic carbocycles. The molecule has 106 valence electrons. The molecule has 0 saturated heterocycles. The van der Waals surface area contributed by atoms with Gasteiger partial charge in [-0.2, -0.15) is 0 Å². The smallest absolute Gasteiger partial charge is 0.118 e. The monoisotopic (exact) mass is 262 g/mol.